The molecule has 1 amide bonds. The number of aryl methyl sites for hydroxylation is 1. The molecule has 0 aromatic heterocycles. The maximum Gasteiger partial charge on any atom is 0.232 e. The summed E-state index contributed by atoms with van der Waals surface area (Å²) in [6.45, 7) is 2.88. The summed E-state index contributed by atoms with van der Waals surface area (Å²) in [4.78, 5) is 15.1. The Morgan fingerprint density at radius 1 is 1.13 bits per heavy atom. The summed E-state index contributed by atoms with van der Waals surface area (Å²) in [6.07, 6.45) is 0. The van der Waals surface area contributed by atoms with Crippen LogP contribution < -0.4 is 9.47 Å². The smallest absolute Gasteiger partial charge is 0.232 e. The summed E-state index contributed by atoms with van der Waals surface area (Å²) >= 11 is 1.56. The Labute approximate surface area is 140 Å². The number of amides is 1. The van der Waals surface area contributed by atoms with Gasteiger partial charge in [0.15, 0.2) is 11.5 Å². The minimum atomic E-state index is 0.105. The molecule has 1 aliphatic rings. The van der Waals surface area contributed by atoms with E-state index in [2.05, 4.69) is 19.1 Å². The van der Waals surface area contributed by atoms with Gasteiger partial charge in [-0.2, -0.15) is 0 Å². The van der Waals surface area contributed by atoms with Gasteiger partial charge in [-0.1, -0.05) is 23.8 Å². The van der Waals surface area contributed by atoms with E-state index in [1.54, 1.807) is 16.7 Å². The van der Waals surface area contributed by atoms with Crippen LogP contribution in [0.2, 0.25) is 0 Å². The van der Waals surface area contributed by atoms with E-state index in [1.165, 1.54) is 5.56 Å². The van der Waals surface area contributed by atoms with Crippen molar-refractivity contribution in [1.82, 2.24) is 4.90 Å². The number of carbonyl (C=O) groups is 1. The largest absolute Gasteiger partial charge is 0.454 e. The molecule has 0 radical (unpaired) electrons. The van der Waals surface area contributed by atoms with Crippen molar-refractivity contribution in [2.24, 2.45) is 0 Å². The zero-order valence-corrected chi connectivity index (χ0v) is 14.1. The molecule has 0 atom stereocenters. The molecule has 0 N–H and O–H groups in total. The topological polar surface area (TPSA) is 38.8 Å². The zero-order valence-electron chi connectivity index (χ0n) is 13.2. The molecule has 2 aromatic carbocycles. The van der Waals surface area contributed by atoms with Gasteiger partial charge in [-0.3, -0.25) is 4.79 Å². The van der Waals surface area contributed by atoms with E-state index in [0.29, 0.717) is 12.3 Å². The van der Waals surface area contributed by atoms with Gasteiger partial charge in [0.25, 0.3) is 0 Å². The number of hydrogen-bond donors (Lipinski definition) is 0. The normalized spacial score (nSPS) is 12.3. The predicted molar refractivity (Wildman–Crippen MR) is 90.9 cm³/mol. The van der Waals surface area contributed by atoms with Crippen LogP contribution in [0.4, 0.5) is 0 Å². The first-order valence-electron chi connectivity index (χ1n) is 7.44. The Kier molecular flexibility index (Phi) is 4.76. The summed E-state index contributed by atoms with van der Waals surface area (Å²) in [7, 11) is 1.82. The first-order valence-corrected chi connectivity index (χ1v) is 8.42. The molecule has 4 nitrogen and oxygen atoms in total. The molecule has 1 aliphatic heterocycles. The Bertz CT molecular complexity index is 700. The molecule has 0 aliphatic carbocycles. The van der Waals surface area contributed by atoms with Crippen LogP contribution in [-0.2, 0) is 11.3 Å². The van der Waals surface area contributed by atoms with E-state index < -0.39 is 0 Å². The Morgan fingerprint density at radius 3 is 2.65 bits per heavy atom. The van der Waals surface area contributed by atoms with Gasteiger partial charge in [0.05, 0.1) is 5.75 Å². The number of thioether (sulfide) groups is 1. The highest BCUT2D eigenvalue weighted by Gasteiger charge is 2.15. The Balaban J connectivity index is 1.54. The SMILES string of the molecule is Cc1ccc(SCC(=O)N(C)Cc2ccc3c(c2)OCO3)cc1. The third-order valence-corrected chi connectivity index (χ3v) is 4.66. The average Bonchev–Trinajstić information content (AvgIpc) is 3.01. The minimum absolute atomic E-state index is 0.105. The summed E-state index contributed by atoms with van der Waals surface area (Å²) in [5, 5.41) is 0. The highest BCUT2D eigenvalue weighted by Crippen LogP contribution is 2.32. The van der Waals surface area contributed by atoms with Gasteiger partial charge in [-0.05, 0) is 36.8 Å². The van der Waals surface area contributed by atoms with Crippen LogP contribution in [0.5, 0.6) is 11.5 Å². The number of carbonyl (C=O) groups excluding carboxylic acids is 1. The molecule has 0 spiro atoms. The maximum absolute atomic E-state index is 12.3. The Hall–Kier alpha value is -2.14. The van der Waals surface area contributed by atoms with E-state index >= 15 is 0 Å². The lowest BCUT2D eigenvalue weighted by Crippen LogP contribution is -2.27. The standard InChI is InChI=1S/C18H19NO3S/c1-13-3-6-15(7-4-13)23-11-18(20)19(2)10-14-5-8-16-17(9-14)22-12-21-16/h3-9H,10-12H2,1-2H3. The number of rotatable bonds is 5. The molecule has 23 heavy (non-hydrogen) atoms. The minimum Gasteiger partial charge on any atom is -0.454 e. The number of hydrogen-bond acceptors (Lipinski definition) is 4. The third-order valence-electron chi connectivity index (χ3n) is 3.67. The fourth-order valence-electron chi connectivity index (χ4n) is 2.29. The third kappa shape index (κ3) is 3.99. The van der Waals surface area contributed by atoms with Crippen molar-refractivity contribution >= 4 is 17.7 Å². The van der Waals surface area contributed by atoms with E-state index in [4.69, 9.17) is 9.47 Å². The highest BCUT2D eigenvalue weighted by molar-refractivity contribution is 8.00. The van der Waals surface area contributed by atoms with Crippen LogP contribution in [0.15, 0.2) is 47.4 Å². The summed E-state index contributed by atoms with van der Waals surface area (Å²) in [5.74, 6) is 2.05. The van der Waals surface area contributed by atoms with Crippen molar-refractivity contribution in [2.75, 3.05) is 19.6 Å². The van der Waals surface area contributed by atoms with Crippen LogP contribution >= 0.6 is 11.8 Å². The fourth-order valence-corrected chi connectivity index (χ4v) is 3.13. The van der Waals surface area contributed by atoms with Gasteiger partial charge in [0.2, 0.25) is 12.7 Å². The lowest BCUT2D eigenvalue weighted by molar-refractivity contribution is -0.127. The van der Waals surface area contributed by atoms with Gasteiger partial charge >= 0.3 is 0 Å². The fraction of sp³-hybridized carbons (Fsp3) is 0.278. The monoisotopic (exact) mass is 329 g/mol. The van der Waals surface area contributed by atoms with Gasteiger partial charge < -0.3 is 14.4 Å². The number of ether oxygens (including phenoxy) is 2. The number of nitrogens with zero attached hydrogens (tertiary/aromatic N) is 1. The van der Waals surface area contributed by atoms with Crippen LogP contribution in [0.3, 0.4) is 0 Å². The van der Waals surface area contributed by atoms with Crippen molar-refractivity contribution in [1.29, 1.82) is 0 Å². The van der Waals surface area contributed by atoms with E-state index in [9.17, 15) is 4.79 Å². The van der Waals surface area contributed by atoms with Crippen molar-refractivity contribution in [3.8, 4) is 11.5 Å². The second kappa shape index (κ2) is 6.96. The van der Waals surface area contributed by atoms with Gasteiger partial charge in [-0.15, -0.1) is 11.8 Å². The van der Waals surface area contributed by atoms with Crippen LogP contribution in [0.25, 0.3) is 0 Å². The summed E-state index contributed by atoms with van der Waals surface area (Å²) in [6, 6.07) is 14.0. The van der Waals surface area contributed by atoms with Gasteiger partial charge in [-0.25, -0.2) is 0 Å². The van der Waals surface area contributed by atoms with Crippen molar-refractivity contribution in [3.63, 3.8) is 0 Å². The second-order valence-corrected chi connectivity index (χ2v) is 6.59. The molecule has 3 rings (SSSR count). The second-order valence-electron chi connectivity index (χ2n) is 5.54. The molecule has 120 valence electrons. The maximum atomic E-state index is 12.3. The van der Waals surface area contributed by atoms with Crippen LogP contribution in [-0.4, -0.2) is 30.4 Å². The molecular weight excluding hydrogens is 310 g/mol. The average molecular weight is 329 g/mol. The number of fused-ring (bicyclic) bond motifs is 1. The lowest BCUT2D eigenvalue weighted by atomic mass is 10.2. The first-order chi connectivity index (χ1) is 11.1. The van der Waals surface area contributed by atoms with Crippen molar-refractivity contribution < 1.29 is 14.3 Å². The highest BCUT2D eigenvalue weighted by atomic mass is 32.2. The molecule has 0 bridgehead atoms. The lowest BCUT2D eigenvalue weighted by Gasteiger charge is -2.17. The molecule has 0 unspecified atom stereocenters. The predicted octanol–water partition coefficient (Wildman–Crippen LogP) is 3.47. The molecule has 0 saturated carbocycles. The zero-order chi connectivity index (χ0) is 16.2. The molecule has 0 saturated heterocycles. The van der Waals surface area contributed by atoms with E-state index in [0.717, 1.165) is 22.0 Å². The quantitative estimate of drug-likeness (QED) is 0.787. The van der Waals surface area contributed by atoms with Gasteiger partial charge in [0, 0.05) is 18.5 Å². The summed E-state index contributed by atoms with van der Waals surface area (Å²) in [5.41, 5.74) is 2.26. The van der Waals surface area contributed by atoms with Gasteiger partial charge in [0.1, 0.15) is 0 Å². The molecule has 2 aromatic rings. The van der Waals surface area contributed by atoms with Crippen LogP contribution in [0, 0.1) is 6.92 Å². The molecule has 1 heterocycles. The van der Waals surface area contributed by atoms with E-state index in [-0.39, 0.29) is 12.7 Å². The van der Waals surface area contributed by atoms with Crippen molar-refractivity contribution in [2.45, 2.75) is 18.4 Å². The Morgan fingerprint density at radius 2 is 1.87 bits per heavy atom. The molecule has 5 heteroatoms. The first kappa shape index (κ1) is 15.7. The molecule has 0 fully saturated rings. The van der Waals surface area contributed by atoms with E-state index in [1.807, 2.05) is 37.4 Å². The number of benzene rings is 2. The summed E-state index contributed by atoms with van der Waals surface area (Å²) < 4.78 is 10.7. The van der Waals surface area contributed by atoms with Crippen molar-refractivity contribution in [3.05, 3.63) is 53.6 Å². The molecular formula is C18H19NO3S. The van der Waals surface area contributed by atoms with Crippen LogP contribution in [0.1, 0.15) is 11.1 Å².